The third kappa shape index (κ3) is 3.51. The van der Waals surface area contributed by atoms with E-state index in [0.717, 1.165) is 48.4 Å². The number of rotatable bonds is 4. The van der Waals surface area contributed by atoms with Crippen LogP contribution in [-0.4, -0.2) is 24.7 Å². The van der Waals surface area contributed by atoms with Crippen molar-refractivity contribution in [2.45, 2.75) is 35.2 Å². The van der Waals surface area contributed by atoms with Gasteiger partial charge in [-0.1, -0.05) is 18.2 Å². The van der Waals surface area contributed by atoms with Crippen LogP contribution in [0.5, 0.6) is 0 Å². The molecule has 25 heavy (non-hydrogen) atoms. The van der Waals surface area contributed by atoms with Crippen LogP contribution in [0.3, 0.4) is 0 Å². The number of hydrogen-bond donors (Lipinski definition) is 0. The van der Waals surface area contributed by atoms with Gasteiger partial charge < -0.3 is 0 Å². The highest BCUT2D eigenvalue weighted by Gasteiger charge is 2.33. The highest BCUT2D eigenvalue weighted by molar-refractivity contribution is 7.99. The molecule has 128 valence electrons. The summed E-state index contributed by atoms with van der Waals surface area (Å²) in [5, 5.41) is 4.75. The van der Waals surface area contributed by atoms with Crippen molar-refractivity contribution in [3.8, 4) is 5.69 Å². The molecule has 9 heteroatoms. The Kier molecular flexibility index (Phi) is 3.95. The van der Waals surface area contributed by atoms with E-state index in [9.17, 15) is 13.2 Å². The highest BCUT2D eigenvalue weighted by Crippen LogP contribution is 2.40. The number of benzene rings is 1. The van der Waals surface area contributed by atoms with Gasteiger partial charge in [0.05, 0.1) is 5.69 Å². The molecule has 0 saturated heterocycles. The average molecular weight is 363 g/mol. The fourth-order valence-electron chi connectivity index (χ4n) is 2.34. The molecule has 1 aliphatic rings. The van der Waals surface area contributed by atoms with Crippen LogP contribution in [-0.2, 0) is 6.18 Å². The van der Waals surface area contributed by atoms with Gasteiger partial charge in [0.15, 0.2) is 5.16 Å². The molecule has 1 aromatic carbocycles. The van der Waals surface area contributed by atoms with Gasteiger partial charge in [-0.15, -0.1) is 5.10 Å². The molecule has 0 N–H and O–H groups in total. The first-order valence-electron chi connectivity index (χ1n) is 7.61. The third-order valence-corrected chi connectivity index (χ3v) is 4.40. The van der Waals surface area contributed by atoms with Gasteiger partial charge in [-0.2, -0.15) is 13.2 Å². The largest absolute Gasteiger partial charge is 0.433 e. The molecule has 0 aliphatic heterocycles. The molecule has 4 rings (SSSR count). The zero-order chi connectivity index (χ0) is 17.4. The topological polar surface area (TPSA) is 56.5 Å². The molecular weight excluding hydrogens is 351 g/mol. The first-order valence-corrected chi connectivity index (χ1v) is 8.43. The molecule has 1 fully saturated rings. The minimum Gasteiger partial charge on any atom is -0.231 e. The SMILES string of the molecule is FC(F)(F)c1ccnc(Sc2nc(C3CC3)n(-c3ccccc3)n2)n1. The highest BCUT2D eigenvalue weighted by atomic mass is 32.2. The lowest BCUT2D eigenvalue weighted by atomic mass is 10.3. The molecule has 2 heterocycles. The quantitative estimate of drug-likeness (QED) is 0.653. The van der Waals surface area contributed by atoms with E-state index in [1.54, 1.807) is 4.68 Å². The lowest BCUT2D eigenvalue weighted by molar-refractivity contribution is -0.141. The molecule has 0 radical (unpaired) electrons. The van der Waals surface area contributed by atoms with Gasteiger partial charge in [0.2, 0.25) is 5.16 Å². The Bertz CT molecular complexity index is 890. The van der Waals surface area contributed by atoms with Gasteiger partial charge >= 0.3 is 6.18 Å². The first-order chi connectivity index (χ1) is 12.0. The third-order valence-electron chi connectivity index (χ3n) is 3.66. The minimum atomic E-state index is -4.51. The minimum absolute atomic E-state index is 0.0256. The molecule has 5 nitrogen and oxygen atoms in total. The van der Waals surface area contributed by atoms with E-state index in [2.05, 4.69) is 20.1 Å². The Labute approximate surface area is 145 Å². The summed E-state index contributed by atoms with van der Waals surface area (Å²) in [5.41, 5.74) is -0.108. The van der Waals surface area contributed by atoms with Gasteiger partial charge in [-0.25, -0.2) is 19.6 Å². The summed E-state index contributed by atoms with van der Waals surface area (Å²) in [4.78, 5) is 11.9. The fraction of sp³-hybridized carbons (Fsp3) is 0.250. The van der Waals surface area contributed by atoms with Crippen molar-refractivity contribution < 1.29 is 13.2 Å². The summed E-state index contributed by atoms with van der Waals surface area (Å²) in [6.45, 7) is 0. The molecule has 1 saturated carbocycles. The van der Waals surface area contributed by atoms with E-state index < -0.39 is 11.9 Å². The van der Waals surface area contributed by atoms with E-state index >= 15 is 0 Å². The molecule has 1 aliphatic carbocycles. The molecule has 0 atom stereocenters. The Morgan fingerprint density at radius 1 is 1.00 bits per heavy atom. The Morgan fingerprint density at radius 3 is 2.44 bits per heavy atom. The van der Waals surface area contributed by atoms with Crippen LogP contribution in [0.1, 0.15) is 30.3 Å². The van der Waals surface area contributed by atoms with Gasteiger partial charge in [0.1, 0.15) is 11.5 Å². The number of para-hydroxylation sites is 1. The fourth-order valence-corrected chi connectivity index (χ4v) is 3.02. The molecule has 0 bridgehead atoms. The van der Waals surface area contributed by atoms with Crippen LogP contribution in [0.25, 0.3) is 5.69 Å². The van der Waals surface area contributed by atoms with Gasteiger partial charge in [0.25, 0.3) is 0 Å². The monoisotopic (exact) mass is 363 g/mol. The molecule has 3 aromatic rings. The van der Waals surface area contributed by atoms with Gasteiger partial charge in [-0.3, -0.25) is 0 Å². The van der Waals surface area contributed by atoms with E-state index in [0.29, 0.717) is 11.1 Å². The number of alkyl halides is 3. The van der Waals surface area contributed by atoms with Crippen molar-refractivity contribution in [2.75, 3.05) is 0 Å². The Hall–Kier alpha value is -2.42. The van der Waals surface area contributed by atoms with Crippen molar-refractivity contribution in [2.24, 2.45) is 0 Å². The molecule has 0 spiro atoms. The summed E-state index contributed by atoms with van der Waals surface area (Å²) in [7, 11) is 0. The van der Waals surface area contributed by atoms with Gasteiger partial charge in [0, 0.05) is 12.1 Å². The normalized spacial score (nSPS) is 14.7. The second-order valence-electron chi connectivity index (χ2n) is 5.60. The van der Waals surface area contributed by atoms with Crippen LogP contribution in [0.15, 0.2) is 52.9 Å². The standard InChI is InChI=1S/C16H12F3N5S/c17-16(18,19)12-8-9-20-14(21-12)25-15-22-13(10-6-7-10)24(23-15)11-4-2-1-3-5-11/h1-5,8-10H,6-7H2. The Balaban J connectivity index is 1.66. The maximum atomic E-state index is 12.8. The van der Waals surface area contributed by atoms with Crippen LogP contribution in [0, 0.1) is 0 Å². The van der Waals surface area contributed by atoms with Crippen molar-refractivity contribution >= 4 is 11.8 Å². The summed E-state index contributed by atoms with van der Waals surface area (Å²) < 4.78 is 40.1. The molecule has 0 unspecified atom stereocenters. The summed E-state index contributed by atoms with van der Waals surface area (Å²) >= 11 is 0.927. The second kappa shape index (κ2) is 6.14. The van der Waals surface area contributed by atoms with Crippen LogP contribution in [0.4, 0.5) is 13.2 Å². The first kappa shape index (κ1) is 16.1. The summed E-state index contributed by atoms with van der Waals surface area (Å²) in [6.07, 6.45) is -1.34. The van der Waals surface area contributed by atoms with E-state index in [-0.39, 0.29) is 5.16 Å². The second-order valence-corrected chi connectivity index (χ2v) is 6.53. The van der Waals surface area contributed by atoms with Crippen LogP contribution >= 0.6 is 11.8 Å². The molecule has 2 aromatic heterocycles. The summed E-state index contributed by atoms with van der Waals surface area (Å²) in [6, 6.07) is 10.4. The predicted molar refractivity (Wildman–Crippen MR) is 84.5 cm³/mol. The number of nitrogens with zero attached hydrogens (tertiary/aromatic N) is 5. The van der Waals surface area contributed by atoms with Crippen LogP contribution in [0.2, 0.25) is 0 Å². The zero-order valence-electron chi connectivity index (χ0n) is 12.8. The number of halogens is 3. The van der Waals surface area contributed by atoms with Crippen molar-refractivity contribution in [3.05, 3.63) is 54.1 Å². The maximum absolute atomic E-state index is 12.8. The lowest BCUT2D eigenvalue weighted by Crippen LogP contribution is -2.08. The molecular formula is C16H12F3N5S. The van der Waals surface area contributed by atoms with Crippen LogP contribution < -0.4 is 0 Å². The maximum Gasteiger partial charge on any atom is 0.433 e. The Morgan fingerprint density at radius 2 is 1.76 bits per heavy atom. The van der Waals surface area contributed by atoms with Crippen molar-refractivity contribution in [3.63, 3.8) is 0 Å². The summed E-state index contributed by atoms with van der Waals surface area (Å²) in [5.74, 6) is 1.16. The van der Waals surface area contributed by atoms with E-state index in [1.165, 1.54) is 0 Å². The average Bonchev–Trinajstić information content (AvgIpc) is 3.36. The number of aromatic nitrogens is 5. The zero-order valence-corrected chi connectivity index (χ0v) is 13.6. The van der Waals surface area contributed by atoms with Gasteiger partial charge in [-0.05, 0) is 42.8 Å². The van der Waals surface area contributed by atoms with Crippen molar-refractivity contribution in [1.29, 1.82) is 0 Å². The van der Waals surface area contributed by atoms with E-state index in [1.807, 2.05) is 30.3 Å². The smallest absolute Gasteiger partial charge is 0.231 e. The lowest BCUT2D eigenvalue weighted by Gasteiger charge is -2.05. The predicted octanol–water partition coefficient (Wildman–Crippen LogP) is 4.10. The molecule has 0 amide bonds. The van der Waals surface area contributed by atoms with E-state index in [4.69, 9.17) is 0 Å². The number of hydrogen-bond acceptors (Lipinski definition) is 5. The van der Waals surface area contributed by atoms with Crippen molar-refractivity contribution in [1.82, 2.24) is 24.7 Å².